The highest BCUT2D eigenvalue weighted by molar-refractivity contribution is 5.74. The van der Waals surface area contributed by atoms with E-state index >= 15 is 0 Å². The molecule has 6 fully saturated rings. The van der Waals surface area contributed by atoms with E-state index in [9.17, 15) is 91.0 Å². The van der Waals surface area contributed by atoms with E-state index in [1.54, 1.807) is 0 Å². The van der Waals surface area contributed by atoms with Gasteiger partial charge in [-0.15, -0.1) is 0 Å². The molecule has 0 spiro atoms. The van der Waals surface area contributed by atoms with Crippen molar-refractivity contribution in [3.8, 4) is 0 Å². The maximum atomic E-state index is 13.2. The molecule has 6 rings (SSSR count). The molecule has 74 heavy (non-hydrogen) atoms. The predicted molar refractivity (Wildman–Crippen MR) is 231 cm³/mol. The summed E-state index contributed by atoms with van der Waals surface area (Å²) in [5.74, 6) is -2.44. The Kier molecular flexibility index (Phi) is 21.2. The smallest absolute Gasteiger partial charge is 0.217 e. The molecule has 0 unspecified atom stereocenters. The first-order chi connectivity index (χ1) is 34.9. The lowest BCUT2D eigenvalue weighted by atomic mass is 9.93. The van der Waals surface area contributed by atoms with Crippen LogP contribution in [0.15, 0.2) is 0 Å². The lowest BCUT2D eigenvalue weighted by Crippen LogP contribution is -2.72. The van der Waals surface area contributed by atoms with Gasteiger partial charge in [-0.05, 0) is 13.8 Å². The van der Waals surface area contributed by atoms with Gasteiger partial charge in [0, 0.05) is 20.8 Å². The Morgan fingerprint density at radius 2 is 0.730 bits per heavy atom. The second-order valence-electron chi connectivity index (χ2n) is 18.9. The van der Waals surface area contributed by atoms with Gasteiger partial charge in [-0.25, -0.2) is 0 Å². The Morgan fingerprint density at radius 1 is 0.351 bits per heavy atom. The van der Waals surface area contributed by atoms with Crippen molar-refractivity contribution in [2.24, 2.45) is 0 Å². The first-order valence-corrected chi connectivity index (χ1v) is 23.8. The van der Waals surface area contributed by atoms with Crippen LogP contribution >= 0.6 is 0 Å². The van der Waals surface area contributed by atoms with Crippen molar-refractivity contribution in [3.05, 3.63) is 0 Å². The van der Waals surface area contributed by atoms with E-state index in [0.29, 0.717) is 0 Å². The Bertz CT molecular complexity index is 1830. The number of amides is 3. The Hall–Kier alpha value is -2.63. The molecule has 6 saturated heterocycles. The van der Waals surface area contributed by atoms with Crippen molar-refractivity contribution in [2.75, 3.05) is 26.4 Å². The average Bonchev–Trinajstić information content (AvgIpc) is 3.35. The van der Waals surface area contributed by atoms with Gasteiger partial charge in [-0.1, -0.05) is 0 Å². The SMILES string of the molecule is CC(=O)N[C@@H]1[C@@H](O[C@@H]2O[C@H](CO)[C@@H](O[C@@H]3O[C@H](CO)[C@H](O)[C@H](O[C@H]4O[C@H](CO)[C@H](O)[C@H](O)[C@H]4NC(C)=O)[C@H]3O[C@@H]3O[C@@H](C)[C@@H](O)[C@@H](O)[C@@H]3O)[C@H](O[C@@H]3O[C@@H](C)[C@@H](O)[C@@H](O)[C@@H]3O)[C@H]2NC(C)=O)[C@@H](O)[C@@H](CO)O[C@H]1O. The van der Waals surface area contributed by atoms with Gasteiger partial charge in [0.1, 0.15) is 134 Å². The Balaban J connectivity index is 1.48. The maximum Gasteiger partial charge on any atom is 0.217 e. The number of aliphatic hydroxyl groups excluding tert-OH is 15. The molecule has 0 aromatic carbocycles. The predicted octanol–water partition coefficient (Wildman–Crippen LogP) is -11.6. The maximum absolute atomic E-state index is 13.2. The van der Waals surface area contributed by atoms with Crippen LogP contribution in [0.1, 0.15) is 34.6 Å². The quantitative estimate of drug-likeness (QED) is 0.0643. The number of nitrogens with one attached hydrogen (secondary N) is 3. The molecule has 32 heteroatoms. The third-order valence-electron chi connectivity index (χ3n) is 13.6. The van der Waals surface area contributed by atoms with E-state index in [-0.39, 0.29) is 0 Å². The zero-order valence-corrected chi connectivity index (χ0v) is 40.6. The van der Waals surface area contributed by atoms with Crippen molar-refractivity contribution < 1.29 is 143 Å². The minimum absolute atomic E-state index is 0.767. The first-order valence-electron chi connectivity index (χ1n) is 23.8. The van der Waals surface area contributed by atoms with Crippen LogP contribution in [0.25, 0.3) is 0 Å². The fraction of sp³-hybridized carbons (Fsp3) is 0.929. The van der Waals surface area contributed by atoms with E-state index in [1.165, 1.54) is 13.8 Å². The van der Waals surface area contributed by atoms with Crippen molar-refractivity contribution in [1.29, 1.82) is 0 Å². The highest BCUT2D eigenvalue weighted by Crippen LogP contribution is 2.39. The van der Waals surface area contributed by atoms with Gasteiger partial charge >= 0.3 is 0 Å². The summed E-state index contributed by atoms with van der Waals surface area (Å²) in [7, 11) is 0. The Labute approximate surface area is 421 Å². The molecule has 6 aliphatic heterocycles. The molecule has 30 atom stereocenters. The molecule has 6 heterocycles. The fourth-order valence-corrected chi connectivity index (χ4v) is 9.58. The first kappa shape index (κ1) is 60.6. The number of hydrogen-bond donors (Lipinski definition) is 18. The van der Waals surface area contributed by atoms with Crippen molar-refractivity contribution >= 4 is 17.7 Å². The van der Waals surface area contributed by atoms with E-state index in [0.717, 1.165) is 20.8 Å². The summed E-state index contributed by atoms with van der Waals surface area (Å²) in [5, 5.41) is 170. The molecular weight excluding hydrogens is 1010 g/mol. The molecule has 0 radical (unpaired) electrons. The molecule has 18 N–H and O–H groups in total. The van der Waals surface area contributed by atoms with Crippen LogP contribution < -0.4 is 16.0 Å². The molecule has 0 aromatic heterocycles. The minimum atomic E-state index is -2.18. The molecule has 0 aliphatic carbocycles. The second kappa shape index (κ2) is 25.9. The summed E-state index contributed by atoms with van der Waals surface area (Å²) in [5.41, 5.74) is 0. The van der Waals surface area contributed by atoms with Gasteiger partial charge in [0.15, 0.2) is 37.7 Å². The largest absolute Gasteiger partial charge is 0.394 e. The molecule has 428 valence electrons. The van der Waals surface area contributed by atoms with Crippen molar-refractivity contribution in [2.45, 2.75) is 219 Å². The highest BCUT2D eigenvalue weighted by atomic mass is 16.8. The van der Waals surface area contributed by atoms with Crippen molar-refractivity contribution in [3.63, 3.8) is 0 Å². The number of carbonyl (C=O) groups excluding carboxylic acids is 3. The molecule has 0 bridgehead atoms. The third kappa shape index (κ3) is 13.1. The van der Waals surface area contributed by atoms with Crippen LogP contribution in [-0.4, -0.2) is 305 Å². The van der Waals surface area contributed by atoms with E-state index in [1.807, 2.05) is 0 Å². The van der Waals surface area contributed by atoms with Gasteiger partial charge in [-0.2, -0.15) is 0 Å². The summed E-state index contributed by atoms with van der Waals surface area (Å²) in [6.45, 7) is 1.65. The molecule has 0 aromatic rings. The molecule has 3 amide bonds. The summed E-state index contributed by atoms with van der Waals surface area (Å²) < 4.78 is 66.2. The Morgan fingerprint density at radius 3 is 1.24 bits per heavy atom. The number of ether oxygens (including phenoxy) is 11. The number of rotatable bonds is 17. The van der Waals surface area contributed by atoms with Gasteiger partial charge < -0.3 is 145 Å². The molecular formula is C42H71N3O29. The van der Waals surface area contributed by atoms with Gasteiger partial charge in [0.2, 0.25) is 17.7 Å². The summed E-state index contributed by atoms with van der Waals surface area (Å²) in [6.07, 6.45) is -50.5. The van der Waals surface area contributed by atoms with Crippen LogP contribution in [0.5, 0.6) is 0 Å². The molecule has 32 nitrogen and oxygen atoms in total. The third-order valence-corrected chi connectivity index (χ3v) is 13.6. The van der Waals surface area contributed by atoms with E-state index < -0.39 is 228 Å². The van der Waals surface area contributed by atoms with Crippen LogP contribution in [0, 0.1) is 0 Å². The van der Waals surface area contributed by atoms with Crippen LogP contribution in [-0.2, 0) is 66.5 Å². The lowest BCUT2D eigenvalue weighted by Gasteiger charge is -2.53. The highest BCUT2D eigenvalue weighted by Gasteiger charge is 2.59. The molecule has 0 saturated carbocycles. The van der Waals surface area contributed by atoms with Gasteiger partial charge in [-0.3, -0.25) is 14.4 Å². The normalized spacial score (nSPS) is 49.1. The average molecular weight is 1080 g/mol. The number of carbonyl (C=O) groups is 3. The summed E-state index contributed by atoms with van der Waals surface area (Å²) in [6, 6.07) is -5.15. The zero-order valence-electron chi connectivity index (χ0n) is 40.6. The molecule has 6 aliphatic rings. The lowest BCUT2D eigenvalue weighted by molar-refractivity contribution is -0.407. The van der Waals surface area contributed by atoms with E-state index in [4.69, 9.17) is 52.1 Å². The van der Waals surface area contributed by atoms with Crippen molar-refractivity contribution in [1.82, 2.24) is 16.0 Å². The monoisotopic (exact) mass is 1080 g/mol. The second-order valence-corrected chi connectivity index (χ2v) is 18.9. The number of hydrogen-bond acceptors (Lipinski definition) is 29. The van der Waals surface area contributed by atoms with Crippen LogP contribution in [0.3, 0.4) is 0 Å². The minimum Gasteiger partial charge on any atom is -0.394 e. The summed E-state index contributed by atoms with van der Waals surface area (Å²) in [4.78, 5) is 37.9. The number of aliphatic hydroxyl groups is 15. The van der Waals surface area contributed by atoms with Gasteiger partial charge in [0.25, 0.3) is 0 Å². The van der Waals surface area contributed by atoms with Gasteiger partial charge in [0.05, 0.1) is 38.6 Å². The van der Waals surface area contributed by atoms with Crippen LogP contribution in [0.2, 0.25) is 0 Å². The zero-order chi connectivity index (χ0) is 54.8. The summed E-state index contributed by atoms with van der Waals surface area (Å²) >= 11 is 0. The topological polar surface area (TPSA) is 492 Å². The standard InChI is InChI=1S/C42H71N3O29/c1-10-22(53)28(59)30(61)40(64-10)72-34-21(45-14(5)52)39(71-33-20(44-13(4)51)37(63)66-16(7-47)25(33)56)69-18(9-49)32(34)70-42-36(74-41-31(62)29(60)23(54)11(2)65-41)35(26(57)17(8-48)68-42)73-38-19(43-12(3)50)27(58)24(55)15(6-46)67-38/h10-11,15-42,46-49,53-63H,6-9H2,1-5H3,(H,43,50)(H,44,51)(H,45,52)/t10-,11-,15+,16+,17+,18+,19+,20+,21+,22+,23+,24-,25-,26-,27+,28+,29+,30-,31-,32+,33+,34+,35-,36+,37+,38+,39-,40-,41-,42-/m0/s1. The fourth-order valence-electron chi connectivity index (χ4n) is 9.58. The van der Waals surface area contributed by atoms with E-state index in [2.05, 4.69) is 16.0 Å². The van der Waals surface area contributed by atoms with Crippen LogP contribution in [0.4, 0.5) is 0 Å².